The van der Waals surface area contributed by atoms with Crippen LogP contribution in [0.2, 0.25) is 0 Å². The van der Waals surface area contributed by atoms with Crippen molar-refractivity contribution in [3.05, 3.63) is 48.0 Å². The van der Waals surface area contributed by atoms with Crippen LogP contribution in [0.1, 0.15) is 31.3 Å². The molecule has 1 aromatic carbocycles. The third kappa shape index (κ3) is 3.26. The fourth-order valence-electron chi connectivity index (χ4n) is 1.67. The standard InChI is InChI=1S/C16H18FNO2/c1-10(2)11(3)18-16(19)15-9-8-14(20-15)12-4-6-13(17)7-5-12/h4-11H,1-3H3,(H,18,19). The summed E-state index contributed by atoms with van der Waals surface area (Å²) in [5.74, 6) is 0.623. The van der Waals surface area contributed by atoms with E-state index in [-0.39, 0.29) is 23.5 Å². The Balaban J connectivity index is 2.12. The van der Waals surface area contributed by atoms with Gasteiger partial charge in [0.15, 0.2) is 5.76 Å². The van der Waals surface area contributed by atoms with E-state index in [0.717, 1.165) is 5.56 Å². The normalized spacial score (nSPS) is 12.4. The zero-order chi connectivity index (χ0) is 14.7. The van der Waals surface area contributed by atoms with E-state index in [1.54, 1.807) is 24.3 Å². The van der Waals surface area contributed by atoms with Crippen LogP contribution in [0.4, 0.5) is 4.39 Å². The highest BCUT2D eigenvalue weighted by Gasteiger charge is 2.16. The summed E-state index contributed by atoms with van der Waals surface area (Å²) in [5, 5.41) is 2.88. The fourth-order valence-corrected chi connectivity index (χ4v) is 1.67. The van der Waals surface area contributed by atoms with Gasteiger partial charge in [-0.05, 0) is 49.2 Å². The average Bonchev–Trinajstić information content (AvgIpc) is 2.89. The van der Waals surface area contributed by atoms with Crippen molar-refractivity contribution in [2.24, 2.45) is 5.92 Å². The molecule has 1 heterocycles. The van der Waals surface area contributed by atoms with Gasteiger partial charge in [-0.25, -0.2) is 4.39 Å². The lowest BCUT2D eigenvalue weighted by molar-refractivity contribution is 0.0903. The monoisotopic (exact) mass is 275 g/mol. The van der Waals surface area contributed by atoms with Crippen LogP contribution in [0, 0.1) is 11.7 Å². The second kappa shape index (κ2) is 5.90. The van der Waals surface area contributed by atoms with Crippen LogP contribution in [-0.2, 0) is 0 Å². The molecule has 0 aliphatic carbocycles. The summed E-state index contributed by atoms with van der Waals surface area (Å²) in [6, 6.07) is 9.36. The van der Waals surface area contributed by atoms with Crippen LogP contribution in [0.5, 0.6) is 0 Å². The summed E-state index contributed by atoms with van der Waals surface area (Å²) >= 11 is 0. The molecular formula is C16H18FNO2. The van der Waals surface area contributed by atoms with Gasteiger partial charge in [-0.3, -0.25) is 4.79 Å². The number of furan rings is 1. The number of benzene rings is 1. The molecule has 0 bridgehead atoms. The number of carbonyl (C=O) groups is 1. The van der Waals surface area contributed by atoms with Gasteiger partial charge in [0.25, 0.3) is 5.91 Å². The van der Waals surface area contributed by atoms with E-state index in [9.17, 15) is 9.18 Å². The maximum absolute atomic E-state index is 12.9. The van der Waals surface area contributed by atoms with Crippen molar-refractivity contribution in [2.45, 2.75) is 26.8 Å². The molecule has 106 valence electrons. The molecule has 1 N–H and O–H groups in total. The Hall–Kier alpha value is -2.10. The molecule has 20 heavy (non-hydrogen) atoms. The van der Waals surface area contributed by atoms with Crippen molar-refractivity contribution in [3.8, 4) is 11.3 Å². The first-order chi connectivity index (χ1) is 9.47. The Labute approximate surface area is 117 Å². The summed E-state index contributed by atoms with van der Waals surface area (Å²) in [6.45, 7) is 6.03. The van der Waals surface area contributed by atoms with Crippen molar-refractivity contribution in [1.29, 1.82) is 0 Å². The first-order valence-electron chi connectivity index (χ1n) is 6.64. The molecular weight excluding hydrogens is 257 g/mol. The molecule has 1 atom stereocenters. The number of nitrogens with one attached hydrogen (secondary N) is 1. The van der Waals surface area contributed by atoms with Crippen LogP contribution in [0.15, 0.2) is 40.8 Å². The number of carbonyl (C=O) groups excluding carboxylic acids is 1. The second-order valence-corrected chi connectivity index (χ2v) is 5.18. The van der Waals surface area contributed by atoms with E-state index < -0.39 is 0 Å². The molecule has 0 radical (unpaired) electrons. The lowest BCUT2D eigenvalue weighted by Crippen LogP contribution is -2.35. The van der Waals surface area contributed by atoms with Crippen LogP contribution in [-0.4, -0.2) is 11.9 Å². The number of halogens is 1. The van der Waals surface area contributed by atoms with Crippen molar-refractivity contribution in [1.82, 2.24) is 5.32 Å². The van der Waals surface area contributed by atoms with E-state index >= 15 is 0 Å². The highest BCUT2D eigenvalue weighted by atomic mass is 19.1. The first kappa shape index (κ1) is 14.3. The zero-order valence-corrected chi connectivity index (χ0v) is 11.8. The molecule has 1 aromatic heterocycles. The van der Waals surface area contributed by atoms with Crippen molar-refractivity contribution >= 4 is 5.91 Å². The Morgan fingerprint density at radius 3 is 2.35 bits per heavy atom. The predicted molar refractivity (Wildman–Crippen MR) is 75.9 cm³/mol. The fraction of sp³-hybridized carbons (Fsp3) is 0.312. The molecule has 3 nitrogen and oxygen atoms in total. The van der Waals surface area contributed by atoms with E-state index in [2.05, 4.69) is 5.32 Å². The molecule has 1 unspecified atom stereocenters. The van der Waals surface area contributed by atoms with E-state index in [4.69, 9.17) is 4.42 Å². The quantitative estimate of drug-likeness (QED) is 0.920. The van der Waals surface area contributed by atoms with E-state index in [0.29, 0.717) is 11.7 Å². The molecule has 1 amide bonds. The van der Waals surface area contributed by atoms with Gasteiger partial charge < -0.3 is 9.73 Å². The molecule has 0 spiro atoms. The number of amides is 1. The summed E-state index contributed by atoms with van der Waals surface area (Å²) in [5.41, 5.74) is 0.738. The maximum atomic E-state index is 12.9. The van der Waals surface area contributed by atoms with Crippen molar-refractivity contribution < 1.29 is 13.6 Å². The average molecular weight is 275 g/mol. The topological polar surface area (TPSA) is 42.2 Å². The Morgan fingerprint density at radius 2 is 1.75 bits per heavy atom. The molecule has 4 heteroatoms. The Kier molecular flexibility index (Phi) is 4.23. The highest BCUT2D eigenvalue weighted by Crippen LogP contribution is 2.22. The first-order valence-corrected chi connectivity index (χ1v) is 6.64. The third-order valence-electron chi connectivity index (χ3n) is 3.32. The van der Waals surface area contributed by atoms with Crippen LogP contribution < -0.4 is 5.32 Å². The Morgan fingerprint density at radius 1 is 1.10 bits per heavy atom. The summed E-state index contributed by atoms with van der Waals surface area (Å²) in [6.07, 6.45) is 0. The molecule has 2 rings (SSSR count). The predicted octanol–water partition coefficient (Wildman–Crippen LogP) is 3.86. The van der Waals surface area contributed by atoms with Crippen molar-refractivity contribution in [2.75, 3.05) is 0 Å². The van der Waals surface area contributed by atoms with Gasteiger partial charge in [0, 0.05) is 11.6 Å². The molecule has 0 aliphatic heterocycles. The smallest absolute Gasteiger partial charge is 0.287 e. The Bertz CT molecular complexity index is 587. The van der Waals surface area contributed by atoms with Crippen LogP contribution in [0.25, 0.3) is 11.3 Å². The van der Waals surface area contributed by atoms with Gasteiger partial charge in [0.1, 0.15) is 11.6 Å². The van der Waals surface area contributed by atoms with Gasteiger partial charge in [0.2, 0.25) is 0 Å². The highest BCUT2D eigenvalue weighted by molar-refractivity contribution is 5.92. The number of rotatable bonds is 4. The molecule has 0 aliphatic rings. The molecule has 0 saturated heterocycles. The molecule has 2 aromatic rings. The maximum Gasteiger partial charge on any atom is 0.287 e. The lowest BCUT2D eigenvalue weighted by Gasteiger charge is -2.16. The summed E-state index contributed by atoms with van der Waals surface area (Å²) in [7, 11) is 0. The van der Waals surface area contributed by atoms with Crippen molar-refractivity contribution in [3.63, 3.8) is 0 Å². The molecule has 0 fully saturated rings. The van der Waals surface area contributed by atoms with E-state index in [1.165, 1.54) is 12.1 Å². The summed E-state index contributed by atoms with van der Waals surface area (Å²) < 4.78 is 18.4. The summed E-state index contributed by atoms with van der Waals surface area (Å²) in [4.78, 5) is 12.0. The SMILES string of the molecule is CC(C)C(C)NC(=O)c1ccc(-c2ccc(F)cc2)o1. The van der Waals surface area contributed by atoms with Crippen LogP contribution >= 0.6 is 0 Å². The third-order valence-corrected chi connectivity index (χ3v) is 3.32. The molecule has 0 saturated carbocycles. The second-order valence-electron chi connectivity index (χ2n) is 5.18. The van der Waals surface area contributed by atoms with Gasteiger partial charge in [0.05, 0.1) is 0 Å². The zero-order valence-electron chi connectivity index (χ0n) is 11.8. The minimum atomic E-state index is -0.302. The van der Waals surface area contributed by atoms with Crippen LogP contribution in [0.3, 0.4) is 0 Å². The van der Waals surface area contributed by atoms with Gasteiger partial charge >= 0.3 is 0 Å². The van der Waals surface area contributed by atoms with Gasteiger partial charge in [-0.15, -0.1) is 0 Å². The number of hydrogen-bond donors (Lipinski definition) is 1. The minimum Gasteiger partial charge on any atom is -0.451 e. The largest absolute Gasteiger partial charge is 0.451 e. The van der Waals surface area contributed by atoms with Gasteiger partial charge in [-0.1, -0.05) is 13.8 Å². The number of hydrogen-bond acceptors (Lipinski definition) is 2. The lowest BCUT2D eigenvalue weighted by atomic mass is 10.1. The minimum absolute atomic E-state index is 0.0712. The van der Waals surface area contributed by atoms with E-state index in [1.807, 2.05) is 20.8 Å². The van der Waals surface area contributed by atoms with Gasteiger partial charge in [-0.2, -0.15) is 0 Å².